The van der Waals surface area contributed by atoms with Crippen molar-refractivity contribution in [2.24, 2.45) is 5.10 Å². The first-order chi connectivity index (χ1) is 17.1. The van der Waals surface area contributed by atoms with Gasteiger partial charge in [0, 0.05) is 6.42 Å². The summed E-state index contributed by atoms with van der Waals surface area (Å²) in [5, 5.41) is 14.0. The van der Waals surface area contributed by atoms with Gasteiger partial charge >= 0.3 is 5.97 Å². The topological polar surface area (TPSA) is 94.6 Å². The van der Waals surface area contributed by atoms with Gasteiger partial charge in [-0.15, -0.1) is 0 Å². The van der Waals surface area contributed by atoms with Gasteiger partial charge in [-0.3, -0.25) is 5.10 Å². The van der Waals surface area contributed by atoms with Gasteiger partial charge in [0.1, 0.15) is 0 Å². The van der Waals surface area contributed by atoms with Crippen LogP contribution in [0.4, 0.5) is 0 Å². The van der Waals surface area contributed by atoms with Crippen molar-refractivity contribution in [3.63, 3.8) is 0 Å². The zero-order valence-corrected chi connectivity index (χ0v) is 19.5. The summed E-state index contributed by atoms with van der Waals surface area (Å²) in [6.45, 7) is 0. The summed E-state index contributed by atoms with van der Waals surface area (Å²) in [6.07, 6.45) is 3.60. The Morgan fingerprint density at radius 3 is 2.80 bits per heavy atom. The molecular weight excluding hydrogens is 464 g/mol. The van der Waals surface area contributed by atoms with E-state index in [0.717, 1.165) is 21.9 Å². The minimum absolute atomic E-state index is 0.103. The lowest BCUT2D eigenvalue weighted by Gasteiger charge is -2.09. The van der Waals surface area contributed by atoms with Gasteiger partial charge in [0.15, 0.2) is 17.3 Å². The molecule has 35 heavy (non-hydrogen) atoms. The Hall–Kier alpha value is -4.50. The molecule has 174 valence electrons. The number of benzene rings is 3. The van der Waals surface area contributed by atoms with Gasteiger partial charge in [-0.2, -0.15) is 14.9 Å². The Bertz CT molecular complexity index is 1580. The molecule has 0 aliphatic rings. The van der Waals surface area contributed by atoms with Crippen molar-refractivity contribution in [2.75, 3.05) is 7.11 Å². The number of carbonyl (C=O) groups excluding carboxylic acids is 1. The van der Waals surface area contributed by atoms with Crippen LogP contribution >= 0.6 is 12.2 Å². The summed E-state index contributed by atoms with van der Waals surface area (Å²) in [7, 11) is 1.49. The van der Waals surface area contributed by atoms with Crippen molar-refractivity contribution < 1.29 is 18.7 Å². The standard InChI is InChI=1S/C26H20N4O4S/c1-32-23-14-17(11-12-21(23)34-25(31)22-10-5-13-33-22)16-27-30-24(28-29-26(30)35)15-19-8-4-7-18-6-2-3-9-20(18)19/h2-14,16H,15H2,1H3,(H,29,35)/b27-16-. The third-order valence-electron chi connectivity index (χ3n) is 5.38. The van der Waals surface area contributed by atoms with E-state index in [-0.39, 0.29) is 11.5 Å². The summed E-state index contributed by atoms with van der Waals surface area (Å²) in [6, 6.07) is 22.6. The van der Waals surface area contributed by atoms with E-state index in [9.17, 15) is 4.79 Å². The van der Waals surface area contributed by atoms with Crippen LogP contribution in [0.5, 0.6) is 11.5 Å². The fourth-order valence-corrected chi connectivity index (χ4v) is 3.89. The second-order valence-electron chi connectivity index (χ2n) is 7.59. The number of aromatic amines is 1. The molecule has 0 fully saturated rings. The van der Waals surface area contributed by atoms with E-state index in [1.54, 1.807) is 35.2 Å². The van der Waals surface area contributed by atoms with Crippen LogP contribution in [0.25, 0.3) is 10.8 Å². The number of esters is 1. The molecule has 9 heteroatoms. The van der Waals surface area contributed by atoms with Gasteiger partial charge in [-0.25, -0.2) is 4.79 Å². The van der Waals surface area contributed by atoms with E-state index in [1.807, 2.05) is 18.2 Å². The normalized spacial score (nSPS) is 11.2. The summed E-state index contributed by atoms with van der Waals surface area (Å²) in [4.78, 5) is 12.2. The van der Waals surface area contributed by atoms with Crippen LogP contribution in [-0.2, 0) is 6.42 Å². The molecule has 3 aromatic carbocycles. The molecule has 2 aromatic heterocycles. The fourth-order valence-electron chi connectivity index (χ4n) is 3.69. The minimum atomic E-state index is -0.613. The lowest BCUT2D eigenvalue weighted by atomic mass is 10.0. The first-order valence-corrected chi connectivity index (χ1v) is 11.1. The quantitative estimate of drug-likeness (QED) is 0.144. The Balaban J connectivity index is 1.39. The summed E-state index contributed by atoms with van der Waals surface area (Å²) >= 11 is 5.40. The van der Waals surface area contributed by atoms with Crippen molar-refractivity contribution >= 4 is 35.2 Å². The Labute approximate surface area is 205 Å². The van der Waals surface area contributed by atoms with Crippen molar-refractivity contribution in [2.45, 2.75) is 6.42 Å². The highest BCUT2D eigenvalue weighted by atomic mass is 32.1. The van der Waals surface area contributed by atoms with Crippen LogP contribution in [-0.4, -0.2) is 34.2 Å². The number of aromatic nitrogens is 3. The maximum atomic E-state index is 12.2. The zero-order valence-electron chi connectivity index (χ0n) is 18.7. The van der Waals surface area contributed by atoms with Crippen LogP contribution < -0.4 is 9.47 Å². The number of hydrogen-bond acceptors (Lipinski definition) is 7. The first-order valence-electron chi connectivity index (χ1n) is 10.7. The molecule has 0 spiro atoms. The molecule has 0 aliphatic heterocycles. The molecule has 0 unspecified atom stereocenters. The molecule has 0 saturated carbocycles. The monoisotopic (exact) mass is 484 g/mol. The number of H-pyrrole nitrogens is 1. The maximum Gasteiger partial charge on any atom is 0.379 e. The fraction of sp³-hybridized carbons (Fsp3) is 0.0769. The molecule has 8 nitrogen and oxygen atoms in total. The van der Waals surface area contributed by atoms with Crippen LogP contribution in [0.1, 0.15) is 27.5 Å². The number of fused-ring (bicyclic) bond motifs is 1. The highest BCUT2D eigenvalue weighted by Crippen LogP contribution is 2.28. The van der Waals surface area contributed by atoms with Gasteiger partial charge in [0.05, 0.1) is 19.6 Å². The summed E-state index contributed by atoms with van der Waals surface area (Å²) in [5.41, 5.74) is 1.84. The van der Waals surface area contributed by atoms with E-state index in [1.165, 1.54) is 19.4 Å². The van der Waals surface area contributed by atoms with Crippen molar-refractivity contribution in [3.8, 4) is 11.5 Å². The minimum Gasteiger partial charge on any atom is -0.493 e. The first kappa shape index (κ1) is 22.3. The summed E-state index contributed by atoms with van der Waals surface area (Å²) in [5.74, 6) is 0.810. The molecule has 2 heterocycles. The molecular formula is C26H20N4O4S. The number of rotatable bonds is 7. The molecule has 5 rings (SSSR count). The van der Waals surface area contributed by atoms with Gasteiger partial charge in [-0.05, 0) is 64.4 Å². The molecule has 0 saturated heterocycles. The van der Waals surface area contributed by atoms with E-state index < -0.39 is 5.97 Å². The smallest absolute Gasteiger partial charge is 0.379 e. The predicted octanol–water partition coefficient (Wildman–Crippen LogP) is 5.39. The Morgan fingerprint density at radius 1 is 1.11 bits per heavy atom. The van der Waals surface area contributed by atoms with Crippen LogP contribution in [0.15, 0.2) is 88.6 Å². The van der Waals surface area contributed by atoms with Crippen molar-refractivity contribution in [1.82, 2.24) is 14.9 Å². The second kappa shape index (κ2) is 9.78. The molecule has 0 amide bonds. The van der Waals surface area contributed by atoms with Crippen molar-refractivity contribution in [3.05, 3.63) is 107 Å². The zero-order chi connectivity index (χ0) is 24.2. The van der Waals surface area contributed by atoms with Crippen molar-refractivity contribution in [1.29, 1.82) is 0 Å². The second-order valence-corrected chi connectivity index (χ2v) is 7.98. The molecule has 0 aliphatic carbocycles. The highest BCUT2D eigenvalue weighted by molar-refractivity contribution is 7.71. The van der Waals surface area contributed by atoms with Gasteiger partial charge < -0.3 is 13.9 Å². The number of hydrogen-bond donors (Lipinski definition) is 1. The number of carbonyl (C=O) groups is 1. The Kier molecular flexibility index (Phi) is 6.23. The van der Waals surface area contributed by atoms with Crippen LogP contribution in [0.2, 0.25) is 0 Å². The van der Waals surface area contributed by atoms with Gasteiger partial charge in [0.2, 0.25) is 10.5 Å². The molecule has 1 N–H and O–H groups in total. The predicted molar refractivity (Wildman–Crippen MR) is 134 cm³/mol. The van der Waals surface area contributed by atoms with E-state index in [4.69, 9.17) is 26.1 Å². The average molecular weight is 485 g/mol. The third-order valence-corrected chi connectivity index (χ3v) is 5.65. The van der Waals surface area contributed by atoms with E-state index >= 15 is 0 Å². The average Bonchev–Trinajstić information content (AvgIpc) is 3.54. The van der Waals surface area contributed by atoms with Gasteiger partial charge in [0.25, 0.3) is 0 Å². The number of methoxy groups -OCH3 is 1. The highest BCUT2D eigenvalue weighted by Gasteiger charge is 2.15. The number of nitrogens with zero attached hydrogens (tertiary/aromatic N) is 3. The SMILES string of the molecule is COc1cc(/C=N\n2c(Cc3cccc4ccccc34)n[nH]c2=S)ccc1OC(=O)c1ccco1. The molecule has 0 atom stereocenters. The number of nitrogens with one attached hydrogen (secondary N) is 1. The molecule has 0 bridgehead atoms. The third kappa shape index (κ3) is 4.75. The summed E-state index contributed by atoms with van der Waals surface area (Å²) < 4.78 is 17.8. The maximum absolute atomic E-state index is 12.2. The lowest BCUT2D eigenvalue weighted by Crippen LogP contribution is -2.08. The molecule has 5 aromatic rings. The Morgan fingerprint density at radius 2 is 1.97 bits per heavy atom. The lowest BCUT2D eigenvalue weighted by molar-refractivity contribution is 0.0696. The van der Waals surface area contributed by atoms with Crippen LogP contribution in [0, 0.1) is 4.77 Å². The molecule has 0 radical (unpaired) electrons. The van der Waals surface area contributed by atoms with E-state index in [2.05, 4.69) is 39.6 Å². The van der Waals surface area contributed by atoms with Crippen LogP contribution in [0.3, 0.4) is 0 Å². The number of furan rings is 1. The largest absolute Gasteiger partial charge is 0.493 e. The van der Waals surface area contributed by atoms with Gasteiger partial charge in [-0.1, -0.05) is 42.5 Å². The number of ether oxygens (including phenoxy) is 2. The van der Waals surface area contributed by atoms with E-state index in [0.29, 0.717) is 22.8 Å².